The van der Waals surface area contributed by atoms with E-state index in [9.17, 15) is 9.59 Å². The summed E-state index contributed by atoms with van der Waals surface area (Å²) in [6, 6.07) is 0. The first kappa shape index (κ1) is 9.63. The number of hydrogen-bond donors (Lipinski definition) is 2. The van der Waals surface area contributed by atoms with Crippen LogP contribution in [0.1, 0.15) is 34.9 Å². The van der Waals surface area contributed by atoms with Gasteiger partial charge >= 0.3 is 11.9 Å². The zero-order valence-corrected chi connectivity index (χ0v) is 7.75. The molecule has 1 saturated carbocycles. The van der Waals surface area contributed by atoms with Gasteiger partial charge in [-0.1, -0.05) is 5.21 Å². The van der Waals surface area contributed by atoms with Crippen molar-refractivity contribution in [3.8, 4) is 0 Å². The number of carbonyl (C=O) groups is 2. The lowest BCUT2D eigenvalue weighted by Crippen LogP contribution is -2.13. The van der Waals surface area contributed by atoms with Crippen LogP contribution in [0, 0.1) is 0 Å². The molecule has 2 rings (SSSR count). The fraction of sp³-hybridized carbons (Fsp3) is 0.500. The fourth-order valence-corrected chi connectivity index (χ4v) is 1.48. The Morgan fingerprint density at radius 3 is 2.53 bits per heavy atom. The van der Waals surface area contributed by atoms with Crippen LogP contribution in [0.5, 0.6) is 0 Å². The lowest BCUT2D eigenvalue weighted by Gasteiger charge is -2.01. The molecule has 0 saturated heterocycles. The Bertz CT molecular complexity index is 422. The third-order valence-corrected chi connectivity index (χ3v) is 2.23. The highest BCUT2D eigenvalue weighted by molar-refractivity contribution is 5.87. The van der Waals surface area contributed by atoms with Crippen LogP contribution in [0.3, 0.4) is 0 Å². The van der Waals surface area contributed by atoms with Gasteiger partial charge < -0.3 is 10.2 Å². The maximum atomic E-state index is 10.8. The van der Waals surface area contributed by atoms with E-state index in [2.05, 4.69) is 10.3 Å². The molecule has 1 aliphatic carbocycles. The zero-order valence-electron chi connectivity index (χ0n) is 7.75. The number of carboxylic acid groups (broad SMARTS) is 2. The van der Waals surface area contributed by atoms with Crippen molar-refractivity contribution in [3.05, 3.63) is 11.4 Å². The molecular weight excluding hydrogens is 202 g/mol. The highest BCUT2D eigenvalue weighted by atomic mass is 16.4. The van der Waals surface area contributed by atoms with Crippen molar-refractivity contribution in [1.82, 2.24) is 15.0 Å². The van der Waals surface area contributed by atoms with Crippen LogP contribution in [-0.2, 0) is 11.3 Å². The van der Waals surface area contributed by atoms with Crippen molar-refractivity contribution >= 4 is 11.9 Å². The second-order valence-electron chi connectivity index (χ2n) is 3.45. The van der Waals surface area contributed by atoms with Crippen LogP contribution in [0.15, 0.2) is 0 Å². The summed E-state index contributed by atoms with van der Waals surface area (Å²) < 4.78 is 1.16. The standard InChI is InChI=1S/C8H9N3O4/c12-5(13)3-11-7(4-1-2-4)6(8(14)15)9-10-11/h4H,1-3H2,(H,12,13)(H,14,15). The molecule has 0 bridgehead atoms. The summed E-state index contributed by atoms with van der Waals surface area (Å²) in [5, 5.41) is 24.5. The van der Waals surface area contributed by atoms with Crippen molar-refractivity contribution in [2.75, 3.05) is 0 Å². The van der Waals surface area contributed by atoms with E-state index in [0.29, 0.717) is 5.69 Å². The smallest absolute Gasteiger partial charge is 0.358 e. The van der Waals surface area contributed by atoms with E-state index in [1.54, 1.807) is 0 Å². The third kappa shape index (κ3) is 1.80. The van der Waals surface area contributed by atoms with Crippen molar-refractivity contribution in [1.29, 1.82) is 0 Å². The first-order valence-corrected chi connectivity index (χ1v) is 4.48. The monoisotopic (exact) mass is 211 g/mol. The van der Waals surface area contributed by atoms with E-state index in [0.717, 1.165) is 17.5 Å². The SMILES string of the molecule is O=C(O)Cn1nnc(C(=O)O)c1C1CC1. The Hall–Kier alpha value is -1.92. The molecule has 2 N–H and O–H groups in total. The van der Waals surface area contributed by atoms with E-state index in [1.165, 1.54) is 0 Å². The summed E-state index contributed by atoms with van der Waals surface area (Å²) in [6.07, 6.45) is 1.74. The summed E-state index contributed by atoms with van der Waals surface area (Å²) >= 11 is 0. The zero-order chi connectivity index (χ0) is 11.0. The van der Waals surface area contributed by atoms with Crippen LogP contribution < -0.4 is 0 Å². The van der Waals surface area contributed by atoms with Crippen molar-refractivity contribution in [3.63, 3.8) is 0 Å². The maximum Gasteiger partial charge on any atom is 0.358 e. The summed E-state index contributed by atoms with van der Waals surface area (Å²) in [5.74, 6) is -2.11. The summed E-state index contributed by atoms with van der Waals surface area (Å²) in [5.41, 5.74) is 0.309. The minimum absolute atomic E-state index is 0.102. The fourth-order valence-electron chi connectivity index (χ4n) is 1.48. The normalized spacial score (nSPS) is 15.2. The second-order valence-corrected chi connectivity index (χ2v) is 3.45. The van der Waals surface area contributed by atoms with Gasteiger partial charge in [0.15, 0.2) is 5.69 Å². The van der Waals surface area contributed by atoms with E-state index in [4.69, 9.17) is 10.2 Å². The van der Waals surface area contributed by atoms with Crippen LogP contribution in [0.4, 0.5) is 0 Å². The van der Waals surface area contributed by atoms with Gasteiger partial charge in [0.1, 0.15) is 6.54 Å². The highest BCUT2D eigenvalue weighted by Gasteiger charge is 2.34. The maximum absolute atomic E-state index is 10.8. The summed E-state index contributed by atoms with van der Waals surface area (Å²) in [7, 11) is 0. The van der Waals surface area contributed by atoms with Crippen LogP contribution in [-0.4, -0.2) is 37.1 Å². The minimum Gasteiger partial charge on any atom is -0.480 e. The number of rotatable bonds is 4. The molecule has 1 aromatic rings. The lowest BCUT2D eigenvalue weighted by molar-refractivity contribution is -0.138. The molecule has 0 unspecified atom stereocenters. The van der Waals surface area contributed by atoms with Gasteiger partial charge in [-0.25, -0.2) is 9.48 Å². The molecule has 1 aliphatic rings. The molecule has 1 heterocycles. The van der Waals surface area contributed by atoms with E-state index in [1.807, 2.05) is 0 Å². The molecule has 7 heteroatoms. The molecule has 1 aromatic heterocycles. The van der Waals surface area contributed by atoms with Crippen LogP contribution in [0.25, 0.3) is 0 Å². The number of aliphatic carboxylic acids is 1. The topological polar surface area (TPSA) is 105 Å². The molecule has 1 fully saturated rings. The number of aromatic carboxylic acids is 1. The van der Waals surface area contributed by atoms with Crippen molar-refractivity contribution in [2.45, 2.75) is 25.3 Å². The molecule has 0 amide bonds. The summed E-state index contributed by atoms with van der Waals surface area (Å²) in [6.45, 7) is -0.341. The number of nitrogens with zero attached hydrogens (tertiary/aromatic N) is 3. The molecular formula is C8H9N3O4. The number of carboxylic acids is 2. The summed E-state index contributed by atoms with van der Waals surface area (Å²) in [4.78, 5) is 21.3. The predicted octanol–water partition coefficient (Wildman–Crippen LogP) is -0.0617. The Kier molecular flexibility index (Phi) is 2.14. The van der Waals surface area contributed by atoms with Gasteiger partial charge in [0.2, 0.25) is 0 Å². The van der Waals surface area contributed by atoms with Gasteiger partial charge in [0.05, 0.1) is 5.69 Å². The molecule has 15 heavy (non-hydrogen) atoms. The first-order chi connectivity index (χ1) is 7.09. The minimum atomic E-state index is -1.16. The number of hydrogen-bond acceptors (Lipinski definition) is 4. The average Bonchev–Trinajstić information content (AvgIpc) is 2.87. The van der Waals surface area contributed by atoms with Gasteiger partial charge in [-0.3, -0.25) is 4.79 Å². The Labute approximate surface area is 84.3 Å². The van der Waals surface area contributed by atoms with Crippen molar-refractivity contribution < 1.29 is 19.8 Å². The molecule has 0 spiro atoms. The second kappa shape index (κ2) is 3.34. The number of aromatic nitrogens is 3. The van der Waals surface area contributed by atoms with Crippen molar-refractivity contribution in [2.24, 2.45) is 0 Å². The van der Waals surface area contributed by atoms with Crippen LogP contribution >= 0.6 is 0 Å². The van der Waals surface area contributed by atoms with Gasteiger partial charge in [-0.05, 0) is 12.8 Å². The first-order valence-electron chi connectivity index (χ1n) is 4.48. The molecule has 7 nitrogen and oxygen atoms in total. The van der Waals surface area contributed by atoms with Gasteiger partial charge in [0, 0.05) is 5.92 Å². The Morgan fingerprint density at radius 2 is 2.07 bits per heavy atom. The molecule has 0 radical (unpaired) electrons. The quantitative estimate of drug-likeness (QED) is 0.722. The third-order valence-electron chi connectivity index (χ3n) is 2.23. The van der Waals surface area contributed by atoms with Gasteiger partial charge in [-0.15, -0.1) is 5.10 Å². The largest absolute Gasteiger partial charge is 0.480 e. The molecule has 0 aliphatic heterocycles. The van der Waals surface area contributed by atoms with Gasteiger partial charge in [0.25, 0.3) is 0 Å². The molecule has 80 valence electrons. The van der Waals surface area contributed by atoms with E-state index in [-0.39, 0.29) is 18.2 Å². The van der Waals surface area contributed by atoms with E-state index < -0.39 is 11.9 Å². The highest BCUT2D eigenvalue weighted by Crippen LogP contribution is 2.41. The molecule has 0 atom stereocenters. The van der Waals surface area contributed by atoms with Gasteiger partial charge in [-0.2, -0.15) is 0 Å². The Morgan fingerprint density at radius 1 is 1.40 bits per heavy atom. The van der Waals surface area contributed by atoms with Crippen LogP contribution in [0.2, 0.25) is 0 Å². The predicted molar refractivity (Wildman–Crippen MR) is 46.6 cm³/mol. The lowest BCUT2D eigenvalue weighted by atomic mass is 10.2. The Balaban J connectivity index is 2.37. The van der Waals surface area contributed by atoms with E-state index >= 15 is 0 Å². The molecule has 0 aromatic carbocycles. The average molecular weight is 211 g/mol.